The van der Waals surface area contributed by atoms with Crippen molar-refractivity contribution in [2.75, 3.05) is 13.7 Å². The van der Waals surface area contributed by atoms with Gasteiger partial charge in [0, 0.05) is 18.2 Å². The summed E-state index contributed by atoms with van der Waals surface area (Å²) in [7, 11) is 1.43. The van der Waals surface area contributed by atoms with Crippen LogP contribution in [0.5, 0.6) is 11.5 Å². The third kappa shape index (κ3) is 2.78. The van der Waals surface area contributed by atoms with E-state index in [1.165, 1.54) is 19.2 Å². The van der Waals surface area contributed by atoms with Gasteiger partial charge in [0.05, 0.1) is 12.1 Å². The molecule has 0 bridgehead atoms. The van der Waals surface area contributed by atoms with Gasteiger partial charge in [-0.2, -0.15) is 0 Å². The monoisotopic (exact) mass is 283 g/mol. The Bertz CT molecular complexity index is 490. The molecule has 1 aliphatic heterocycles. The summed E-state index contributed by atoms with van der Waals surface area (Å²) >= 11 is 5.92. The lowest BCUT2D eigenvalue weighted by atomic mass is 10.0. The molecule has 1 saturated heterocycles. The summed E-state index contributed by atoms with van der Waals surface area (Å²) in [6.07, 6.45) is 3.21. The number of hydrogen-bond donors (Lipinski definition) is 1. The third-order valence-corrected chi connectivity index (χ3v) is 3.85. The van der Waals surface area contributed by atoms with Crippen LogP contribution < -0.4 is 4.74 Å². The van der Waals surface area contributed by atoms with Crippen LogP contribution in [-0.4, -0.2) is 35.6 Å². The summed E-state index contributed by atoms with van der Waals surface area (Å²) in [5, 5.41) is 9.82. The Morgan fingerprint density at radius 2 is 2.21 bits per heavy atom. The second-order valence-electron chi connectivity index (χ2n) is 4.85. The van der Waals surface area contributed by atoms with Gasteiger partial charge in [0.15, 0.2) is 11.5 Å². The molecule has 0 saturated carbocycles. The summed E-state index contributed by atoms with van der Waals surface area (Å²) in [5.41, 5.74) is 0.452. The van der Waals surface area contributed by atoms with Crippen molar-refractivity contribution in [2.45, 2.75) is 32.2 Å². The first kappa shape index (κ1) is 14.0. The van der Waals surface area contributed by atoms with E-state index in [2.05, 4.69) is 6.92 Å². The Kier molecular flexibility index (Phi) is 4.20. The number of aromatic hydroxyl groups is 1. The zero-order valence-electron chi connectivity index (χ0n) is 11.1. The number of nitrogens with zero attached hydrogens (tertiary/aromatic N) is 1. The Hall–Kier alpha value is -1.42. The van der Waals surface area contributed by atoms with E-state index in [-0.39, 0.29) is 28.5 Å². The molecule has 1 amide bonds. The summed E-state index contributed by atoms with van der Waals surface area (Å²) in [6, 6.07) is 3.26. The van der Waals surface area contributed by atoms with Gasteiger partial charge in [-0.15, -0.1) is 0 Å². The minimum absolute atomic E-state index is 0.0626. The van der Waals surface area contributed by atoms with Gasteiger partial charge < -0.3 is 14.7 Å². The number of halogens is 1. The van der Waals surface area contributed by atoms with E-state index < -0.39 is 0 Å². The van der Waals surface area contributed by atoms with Crippen LogP contribution in [0.2, 0.25) is 5.02 Å². The van der Waals surface area contributed by atoms with E-state index in [0.29, 0.717) is 5.56 Å². The molecule has 19 heavy (non-hydrogen) atoms. The number of likely N-dealkylation sites (tertiary alicyclic amines) is 1. The minimum Gasteiger partial charge on any atom is -0.503 e. The standard InChI is InChI=1S/C14H18ClNO3/c1-9-5-3-4-6-16(9)14(18)10-7-11(15)13(17)12(8-10)19-2/h7-9,17H,3-6H2,1-2H3/t9-/m1/s1. The maximum atomic E-state index is 12.5. The number of phenols is 1. The number of piperidine rings is 1. The number of rotatable bonds is 2. The van der Waals surface area contributed by atoms with Crippen molar-refractivity contribution >= 4 is 17.5 Å². The molecule has 1 heterocycles. The lowest BCUT2D eigenvalue weighted by Crippen LogP contribution is -2.42. The quantitative estimate of drug-likeness (QED) is 0.907. The molecule has 5 heteroatoms. The molecule has 1 aliphatic rings. The van der Waals surface area contributed by atoms with E-state index in [1.807, 2.05) is 4.90 Å². The molecule has 104 valence electrons. The molecule has 0 unspecified atom stereocenters. The highest BCUT2D eigenvalue weighted by molar-refractivity contribution is 6.32. The Balaban J connectivity index is 2.30. The SMILES string of the molecule is COc1cc(C(=O)N2CCCC[C@H]2C)cc(Cl)c1O. The molecule has 1 aromatic rings. The molecular weight excluding hydrogens is 266 g/mol. The van der Waals surface area contributed by atoms with Crippen LogP contribution in [0.1, 0.15) is 36.5 Å². The van der Waals surface area contributed by atoms with Crippen molar-refractivity contribution in [3.05, 3.63) is 22.7 Å². The largest absolute Gasteiger partial charge is 0.503 e. The Morgan fingerprint density at radius 1 is 1.47 bits per heavy atom. The number of hydrogen-bond acceptors (Lipinski definition) is 3. The summed E-state index contributed by atoms with van der Waals surface area (Å²) in [6.45, 7) is 2.82. The highest BCUT2D eigenvalue weighted by Gasteiger charge is 2.25. The molecule has 0 aliphatic carbocycles. The second kappa shape index (κ2) is 5.70. The number of phenolic OH excluding ortho intramolecular Hbond substituents is 1. The van der Waals surface area contributed by atoms with Crippen LogP contribution in [0.3, 0.4) is 0 Å². The zero-order valence-corrected chi connectivity index (χ0v) is 11.9. The molecule has 0 aromatic heterocycles. The van der Waals surface area contributed by atoms with Gasteiger partial charge in [-0.05, 0) is 38.3 Å². The number of carbonyl (C=O) groups excluding carboxylic acids is 1. The lowest BCUT2D eigenvalue weighted by Gasteiger charge is -2.33. The average molecular weight is 284 g/mol. The van der Waals surface area contributed by atoms with Gasteiger partial charge in [-0.25, -0.2) is 0 Å². The lowest BCUT2D eigenvalue weighted by molar-refractivity contribution is 0.0635. The third-order valence-electron chi connectivity index (χ3n) is 3.56. The summed E-state index contributed by atoms with van der Waals surface area (Å²) < 4.78 is 5.03. The molecule has 0 radical (unpaired) electrons. The maximum Gasteiger partial charge on any atom is 0.254 e. The van der Waals surface area contributed by atoms with Crippen molar-refractivity contribution in [3.8, 4) is 11.5 Å². The van der Waals surface area contributed by atoms with Crippen molar-refractivity contribution in [1.29, 1.82) is 0 Å². The van der Waals surface area contributed by atoms with Crippen molar-refractivity contribution in [2.24, 2.45) is 0 Å². The molecule has 2 rings (SSSR count). The van der Waals surface area contributed by atoms with Crippen molar-refractivity contribution in [3.63, 3.8) is 0 Å². The Labute approximate surface area is 117 Å². The zero-order chi connectivity index (χ0) is 14.0. The number of methoxy groups -OCH3 is 1. The minimum atomic E-state index is -0.132. The van der Waals surface area contributed by atoms with Gasteiger partial charge in [0.2, 0.25) is 0 Å². The smallest absolute Gasteiger partial charge is 0.254 e. The predicted octanol–water partition coefficient (Wildman–Crippen LogP) is 3.07. The van der Waals surface area contributed by atoms with E-state index in [9.17, 15) is 9.90 Å². The van der Waals surface area contributed by atoms with Crippen LogP contribution in [0.15, 0.2) is 12.1 Å². The van der Waals surface area contributed by atoms with Gasteiger partial charge >= 0.3 is 0 Å². The number of ether oxygens (including phenoxy) is 1. The molecule has 1 N–H and O–H groups in total. The van der Waals surface area contributed by atoms with Crippen LogP contribution in [0.4, 0.5) is 0 Å². The van der Waals surface area contributed by atoms with Crippen molar-refractivity contribution < 1.29 is 14.6 Å². The fourth-order valence-electron chi connectivity index (χ4n) is 2.42. The molecular formula is C14H18ClNO3. The molecule has 0 spiro atoms. The summed E-state index contributed by atoms with van der Waals surface area (Å²) in [4.78, 5) is 14.3. The first-order chi connectivity index (χ1) is 9.04. The molecule has 4 nitrogen and oxygen atoms in total. The summed E-state index contributed by atoms with van der Waals surface area (Å²) in [5.74, 6) is 0.0281. The van der Waals surface area contributed by atoms with E-state index in [1.54, 1.807) is 0 Å². The topological polar surface area (TPSA) is 49.8 Å². The normalized spacial score (nSPS) is 19.3. The predicted molar refractivity (Wildman–Crippen MR) is 74.0 cm³/mol. The van der Waals surface area contributed by atoms with Gasteiger partial charge in [0.1, 0.15) is 0 Å². The van der Waals surface area contributed by atoms with Crippen LogP contribution in [0, 0.1) is 0 Å². The van der Waals surface area contributed by atoms with Gasteiger partial charge in [-0.3, -0.25) is 4.79 Å². The van der Waals surface area contributed by atoms with E-state index >= 15 is 0 Å². The van der Waals surface area contributed by atoms with Gasteiger partial charge in [0.25, 0.3) is 5.91 Å². The van der Waals surface area contributed by atoms with Crippen LogP contribution in [-0.2, 0) is 0 Å². The number of amides is 1. The maximum absolute atomic E-state index is 12.5. The van der Waals surface area contributed by atoms with E-state index in [4.69, 9.17) is 16.3 Å². The first-order valence-corrected chi connectivity index (χ1v) is 6.80. The van der Waals surface area contributed by atoms with Crippen LogP contribution in [0.25, 0.3) is 0 Å². The second-order valence-corrected chi connectivity index (χ2v) is 5.26. The average Bonchev–Trinajstić information content (AvgIpc) is 2.41. The fraction of sp³-hybridized carbons (Fsp3) is 0.500. The Morgan fingerprint density at radius 3 is 2.84 bits per heavy atom. The fourth-order valence-corrected chi connectivity index (χ4v) is 2.63. The van der Waals surface area contributed by atoms with E-state index in [0.717, 1.165) is 25.8 Å². The first-order valence-electron chi connectivity index (χ1n) is 6.42. The molecule has 1 fully saturated rings. The number of benzene rings is 1. The molecule has 1 aromatic carbocycles. The highest BCUT2D eigenvalue weighted by Crippen LogP contribution is 2.35. The molecule has 1 atom stereocenters. The van der Waals surface area contributed by atoms with Crippen molar-refractivity contribution in [1.82, 2.24) is 4.90 Å². The van der Waals surface area contributed by atoms with Crippen LogP contribution >= 0.6 is 11.6 Å². The van der Waals surface area contributed by atoms with Gasteiger partial charge in [-0.1, -0.05) is 11.6 Å². The number of carbonyl (C=O) groups is 1. The highest BCUT2D eigenvalue weighted by atomic mass is 35.5.